The summed E-state index contributed by atoms with van der Waals surface area (Å²) >= 11 is 5.26. The van der Waals surface area contributed by atoms with Gasteiger partial charge in [-0.3, -0.25) is 0 Å². The second-order valence-electron chi connectivity index (χ2n) is 2.94. The van der Waals surface area contributed by atoms with E-state index in [-0.39, 0.29) is 0 Å². The Labute approximate surface area is 74.1 Å². The van der Waals surface area contributed by atoms with Crippen LogP contribution in [-0.4, -0.2) is 23.0 Å². The van der Waals surface area contributed by atoms with E-state index in [1.54, 1.807) is 0 Å². The van der Waals surface area contributed by atoms with Crippen LogP contribution in [-0.2, 0) is 0 Å². The van der Waals surface area contributed by atoms with Crippen LogP contribution in [0, 0.1) is 0 Å². The first kappa shape index (κ1) is 8.72. The van der Waals surface area contributed by atoms with Crippen LogP contribution in [0.1, 0.15) is 25.7 Å². The van der Waals surface area contributed by atoms with Crippen molar-refractivity contribution in [2.24, 2.45) is 0 Å². The van der Waals surface area contributed by atoms with Gasteiger partial charge in [0.1, 0.15) is 0 Å². The highest BCUT2D eigenvalue weighted by molar-refractivity contribution is 7.80. The minimum atomic E-state index is 0.929. The maximum absolute atomic E-state index is 5.26. The molecule has 1 fully saturated rings. The zero-order chi connectivity index (χ0) is 8.10. The second kappa shape index (κ2) is 4.50. The van der Waals surface area contributed by atoms with E-state index in [9.17, 15) is 0 Å². The van der Waals surface area contributed by atoms with Gasteiger partial charge in [-0.1, -0.05) is 24.7 Å². The third kappa shape index (κ3) is 2.62. The molecule has 11 heavy (non-hydrogen) atoms. The molecule has 1 saturated heterocycles. The Kier molecular flexibility index (Phi) is 3.57. The lowest BCUT2D eigenvalue weighted by Crippen LogP contribution is -2.28. The molecule has 0 N–H and O–H groups in total. The molecule has 0 aromatic carbocycles. The highest BCUT2D eigenvalue weighted by Gasteiger charge is 2.10. The number of nitrogens with zero attached hydrogens (tertiary/aromatic N) is 1. The summed E-state index contributed by atoms with van der Waals surface area (Å²) in [5.41, 5.74) is 0. The van der Waals surface area contributed by atoms with Crippen molar-refractivity contribution in [1.82, 2.24) is 4.90 Å². The highest BCUT2D eigenvalue weighted by atomic mass is 32.1. The molecular weight excluding hydrogens is 154 g/mol. The van der Waals surface area contributed by atoms with Crippen molar-refractivity contribution >= 4 is 17.2 Å². The van der Waals surface area contributed by atoms with Gasteiger partial charge < -0.3 is 4.90 Å². The summed E-state index contributed by atoms with van der Waals surface area (Å²) in [6, 6.07) is 0. The molecule has 0 aliphatic carbocycles. The summed E-state index contributed by atoms with van der Waals surface area (Å²) in [5, 5.41) is 0. The number of thiocarbonyl (C=S) groups is 1. The summed E-state index contributed by atoms with van der Waals surface area (Å²) in [6.45, 7) is 5.78. The average Bonchev–Trinajstić information content (AvgIpc) is 2.18. The predicted molar refractivity (Wildman–Crippen MR) is 52.8 cm³/mol. The fraction of sp³-hybridized carbons (Fsp3) is 0.667. The Morgan fingerprint density at radius 2 is 2.27 bits per heavy atom. The molecule has 0 unspecified atom stereocenters. The van der Waals surface area contributed by atoms with Crippen molar-refractivity contribution in [3.05, 3.63) is 12.7 Å². The molecule has 0 aromatic heterocycles. The van der Waals surface area contributed by atoms with Crippen LogP contribution in [0.2, 0.25) is 0 Å². The third-order valence-corrected chi connectivity index (χ3v) is 2.48. The molecule has 1 heterocycles. The molecule has 0 radical (unpaired) electrons. The van der Waals surface area contributed by atoms with Gasteiger partial charge in [-0.05, 0) is 19.3 Å². The fourth-order valence-corrected chi connectivity index (χ4v) is 1.70. The van der Waals surface area contributed by atoms with Crippen molar-refractivity contribution in [3.63, 3.8) is 0 Å². The number of hydrogen-bond donors (Lipinski definition) is 0. The van der Waals surface area contributed by atoms with Crippen molar-refractivity contribution in [2.75, 3.05) is 13.1 Å². The van der Waals surface area contributed by atoms with Crippen LogP contribution in [0.3, 0.4) is 0 Å². The average molecular weight is 169 g/mol. The van der Waals surface area contributed by atoms with Gasteiger partial charge in [-0.15, -0.1) is 6.58 Å². The van der Waals surface area contributed by atoms with Gasteiger partial charge in [0, 0.05) is 13.1 Å². The van der Waals surface area contributed by atoms with E-state index < -0.39 is 0 Å². The molecule has 62 valence electrons. The lowest BCUT2D eigenvalue weighted by Gasteiger charge is -2.20. The van der Waals surface area contributed by atoms with Crippen LogP contribution in [0.4, 0.5) is 0 Å². The summed E-state index contributed by atoms with van der Waals surface area (Å²) < 4.78 is 0. The number of rotatable bonds is 2. The molecule has 0 saturated carbocycles. The monoisotopic (exact) mass is 169 g/mol. The number of likely N-dealkylation sites (tertiary alicyclic amines) is 1. The van der Waals surface area contributed by atoms with Crippen molar-refractivity contribution < 1.29 is 0 Å². The molecule has 0 spiro atoms. The largest absolute Gasteiger partial charge is 0.362 e. The van der Waals surface area contributed by atoms with Crippen molar-refractivity contribution in [2.45, 2.75) is 25.7 Å². The molecule has 0 amide bonds. The first-order valence-electron chi connectivity index (χ1n) is 4.23. The highest BCUT2D eigenvalue weighted by Crippen LogP contribution is 2.11. The lowest BCUT2D eigenvalue weighted by molar-refractivity contribution is 0.462. The first-order chi connectivity index (χ1) is 5.34. The van der Waals surface area contributed by atoms with Crippen LogP contribution in [0.25, 0.3) is 0 Å². The van der Waals surface area contributed by atoms with E-state index in [0.717, 1.165) is 24.5 Å². The minimum Gasteiger partial charge on any atom is -0.362 e. The van der Waals surface area contributed by atoms with E-state index >= 15 is 0 Å². The van der Waals surface area contributed by atoms with Gasteiger partial charge >= 0.3 is 0 Å². The molecule has 1 aliphatic heterocycles. The third-order valence-electron chi connectivity index (χ3n) is 2.02. The SMILES string of the molecule is C=CCN1CCCCCC1=S. The molecule has 2 heteroatoms. The van der Waals surface area contributed by atoms with Gasteiger partial charge in [-0.25, -0.2) is 0 Å². The fourth-order valence-electron chi connectivity index (χ4n) is 1.39. The topological polar surface area (TPSA) is 3.24 Å². The van der Waals surface area contributed by atoms with Crippen LogP contribution >= 0.6 is 12.2 Å². The zero-order valence-electron chi connectivity index (χ0n) is 6.88. The summed E-state index contributed by atoms with van der Waals surface area (Å²) in [5.74, 6) is 0. The zero-order valence-corrected chi connectivity index (χ0v) is 7.70. The van der Waals surface area contributed by atoms with E-state index in [2.05, 4.69) is 11.5 Å². The van der Waals surface area contributed by atoms with Crippen molar-refractivity contribution in [3.8, 4) is 0 Å². The lowest BCUT2D eigenvalue weighted by atomic mass is 10.2. The van der Waals surface area contributed by atoms with E-state index in [1.807, 2.05) is 6.08 Å². The standard InChI is InChI=1S/C9H15NS/c1-2-7-10-8-5-3-4-6-9(10)11/h2H,1,3-8H2. The van der Waals surface area contributed by atoms with Crippen LogP contribution in [0.5, 0.6) is 0 Å². The Morgan fingerprint density at radius 1 is 1.45 bits per heavy atom. The van der Waals surface area contributed by atoms with Crippen molar-refractivity contribution in [1.29, 1.82) is 0 Å². The Morgan fingerprint density at radius 3 is 3.00 bits per heavy atom. The predicted octanol–water partition coefficient (Wildman–Crippen LogP) is 2.38. The summed E-state index contributed by atoms with van der Waals surface area (Å²) in [4.78, 5) is 3.39. The van der Waals surface area contributed by atoms with Gasteiger partial charge in [-0.2, -0.15) is 0 Å². The maximum atomic E-state index is 5.26. The molecule has 1 aliphatic rings. The van der Waals surface area contributed by atoms with E-state index in [4.69, 9.17) is 12.2 Å². The normalized spacial score (nSPS) is 19.6. The molecule has 0 atom stereocenters. The minimum absolute atomic E-state index is 0.929. The van der Waals surface area contributed by atoms with E-state index in [1.165, 1.54) is 19.3 Å². The Bertz CT molecular complexity index is 154. The summed E-state index contributed by atoms with van der Waals surface area (Å²) in [6.07, 6.45) is 6.91. The quantitative estimate of drug-likeness (QED) is 0.461. The van der Waals surface area contributed by atoms with Gasteiger partial charge in [0.15, 0.2) is 0 Å². The van der Waals surface area contributed by atoms with Gasteiger partial charge in [0.2, 0.25) is 0 Å². The van der Waals surface area contributed by atoms with E-state index in [0.29, 0.717) is 0 Å². The molecule has 1 rings (SSSR count). The van der Waals surface area contributed by atoms with Crippen LogP contribution < -0.4 is 0 Å². The van der Waals surface area contributed by atoms with Crippen LogP contribution in [0.15, 0.2) is 12.7 Å². The second-order valence-corrected chi connectivity index (χ2v) is 3.41. The van der Waals surface area contributed by atoms with Gasteiger partial charge in [0.25, 0.3) is 0 Å². The first-order valence-corrected chi connectivity index (χ1v) is 4.64. The Hall–Kier alpha value is -0.370. The maximum Gasteiger partial charge on any atom is 0.0782 e. The molecular formula is C9H15NS. The smallest absolute Gasteiger partial charge is 0.0782 e. The Balaban J connectivity index is 2.45. The number of hydrogen-bond acceptors (Lipinski definition) is 1. The molecule has 1 nitrogen and oxygen atoms in total. The summed E-state index contributed by atoms with van der Waals surface area (Å²) in [7, 11) is 0. The molecule has 0 aromatic rings. The van der Waals surface area contributed by atoms with Gasteiger partial charge in [0.05, 0.1) is 4.99 Å². The molecule has 0 bridgehead atoms.